The average Bonchev–Trinajstić information content (AvgIpc) is 2.89. The van der Waals surface area contributed by atoms with Crippen LogP contribution in [0.4, 0.5) is 0 Å². The standard InChI is InChI=1S/C21H28N2O5S/c1-14(2)12-23(29(26,27)17-10-8-7-9-11-17)13-18(24)19-15(3)20(21(25)28-6)22(5)16(19)4/h7-11,14H,12-13H2,1-6H3. The second kappa shape index (κ2) is 8.92. The molecule has 0 unspecified atom stereocenters. The van der Waals surface area contributed by atoms with Gasteiger partial charge in [-0.3, -0.25) is 4.79 Å². The highest BCUT2D eigenvalue weighted by atomic mass is 32.2. The van der Waals surface area contributed by atoms with E-state index in [1.165, 1.54) is 23.5 Å². The summed E-state index contributed by atoms with van der Waals surface area (Å²) in [6.07, 6.45) is 0. The number of aromatic nitrogens is 1. The molecule has 0 radical (unpaired) electrons. The molecule has 1 aromatic carbocycles. The zero-order valence-corrected chi connectivity index (χ0v) is 18.5. The first-order chi connectivity index (χ1) is 13.5. The minimum Gasteiger partial charge on any atom is -0.464 e. The predicted molar refractivity (Wildman–Crippen MR) is 111 cm³/mol. The minimum atomic E-state index is -3.84. The summed E-state index contributed by atoms with van der Waals surface area (Å²) >= 11 is 0. The Morgan fingerprint density at radius 3 is 2.24 bits per heavy atom. The number of hydrogen-bond donors (Lipinski definition) is 0. The topological polar surface area (TPSA) is 85.7 Å². The van der Waals surface area contributed by atoms with Crippen LogP contribution in [0.3, 0.4) is 0 Å². The number of benzene rings is 1. The summed E-state index contributed by atoms with van der Waals surface area (Å²) in [5.74, 6) is -0.862. The number of sulfonamides is 1. The van der Waals surface area contributed by atoms with E-state index in [4.69, 9.17) is 4.74 Å². The normalized spacial score (nSPS) is 11.9. The van der Waals surface area contributed by atoms with Gasteiger partial charge in [-0.05, 0) is 37.5 Å². The van der Waals surface area contributed by atoms with E-state index in [1.807, 2.05) is 13.8 Å². The molecule has 0 saturated carbocycles. The van der Waals surface area contributed by atoms with Crippen molar-refractivity contribution in [3.05, 3.63) is 52.8 Å². The van der Waals surface area contributed by atoms with Crippen molar-refractivity contribution in [1.29, 1.82) is 0 Å². The minimum absolute atomic E-state index is 0.0323. The van der Waals surface area contributed by atoms with Gasteiger partial charge in [-0.2, -0.15) is 4.31 Å². The molecule has 0 aliphatic heterocycles. The van der Waals surface area contributed by atoms with Gasteiger partial charge in [0.1, 0.15) is 5.69 Å². The zero-order chi connectivity index (χ0) is 21.9. The predicted octanol–water partition coefficient (Wildman–Crippen LogP) is 2.96. The molecule has 7 nitrogen and oxygen atoms in total. The van der Waals surface area contributed by atoms with Gasteiger partial charge in [0, 0.05) is 24.8 Å². The lowest BCUT2D eigenvalue weighted by molar-refractivity contribution is 0.0588. The summed E-state index contributed by atoms with van der Waals surface area (Å²) in [6, 6.07) is 8.07. The fraction of sp³-hybridized carbons (Fsp3) is 0.429. The molecular weight excluding hydrogens is 392 g/mol. The Hall–Kier alpha value is -2.45. The van der Waals surface area contributed by atoms with Crippen LogP contribution in [0, 0.1) is 19.8 Å². The van der Waals surface area contributed by atoms with Gasteiger partial charge < -0.3 is 9.30 Å². The molecule has 0 atom stereocenters. The maximum atomic E-state index is 13.2. The smallest absolute Gasteiger partial charge is 0.354 e. The second-order valence-corrected chi connectivity index (χ2v) is 9.35. The second-order valence-electron chi connectivity index (χ2n) is 7.41. The van der Waals surface area contributed by atoms with Gasteiger partial charge in [0.2, 0.25) is 10.0 Å². The van der Waals surface area contributed by atoms with Gasteiger partial charge in [0.15, 0.2) is 5.78 Å². The van der Waals surface area contributed by atoms with E-state index in [9.17, 15) is 18.0 Å². The van der Waals surface area contributed by atoms with Crippen molar-refractivity contribution < 1.29 is 22.7 Å². The number of Topliss-reactive ketones (excluding diaryl/α,β-unsaturated/α-hetero) is 1. The molecule has 0 aliphatic rings. The molecule has 0 saturated heterocycles. The summed E-state index contributed by atoms with van der Waals surface area (Å²) in [6.45, 7) is 7.09. The number of carbonyl (C=O) groups excluding carboxylic acids is 2. The Kier molecular flexibility index (Phi) is 7.02. The van der Waals surface area contributed by atoms with Crippen molar-refractivity contribution in [3.8, 4) is 0 Å². The number of esters is 1. The molecule has 0 amide bonds. The van der Waals surface area contributed by atoms with E-state index < -0.39 is 16.0 Å². The van der Waals surface area contributed by atoms with Crippen molar-refractivity contribution in [3.63, 3.8) is 0 Å². The Balaban J connectivity index is 2.46. The SMILES string of the molecule is COC(=O)c1c(C)c(C(=O)CN(CC(C)C)S(=O)(=O)c2ccccc2)c(C)n1C. The lowest BCUT2D eigenvalue weighted by atomic mass is 10.1. The molecule has 0 spiro atoms. The van der Waals surface area contributed by atoms with Crippen LogP contribution in [0.5, 0.6) is 0 Å². The van der Waals surface area contributed by atoms with Crippen molar-refractivity contribution in [2.24, 2.45) is 13.0 Å². The monoisotopic (exact) mass is 420 g/mol. The average molecular weight is 421 g/mol. The Morgan fingerprint density at radius 2 is 1.72 bits per heavy atom. The Bertz CT molecular complexity index is 1010. The third kappa shape index (κ3) is 4.59. The quantitative estimate of drug-likeness (QED) is 0.484. The van der Waals surface area contributed by atoms with Crippen LogP contribution in [-0.2, 0) is 21.8 Å². The number of ether oxygens (including phenoxy) is 1. The first-order valence-electron chi connectivity index (χ1n) is 9.34. The number of nitrogens with zero attached hydrogens (tertiary/aromatic N) is 2. The fourth-order valence-electron chi connectivity index (χ4n) is 3.41. The molecule has 2 aromatic rings. The van der Waals surface area contributed by atoms with E-state index in [0.717, 1.165) is 0 Å². The van der Waals surface area contributed by atoms with E-state index in [0.29, 0.717) is 16.8 Å². The molecule has 0 N–H and O–H groups in total. The molecule has 1 heterocycles. The van der Waals surface area contributed by atoms with Gasteiger partial charge >= 0.3 is 5.97 Å². The zero-order valence-electron chi connectivity index (χ0n) is 17.7. The maximum absolute atomic E-state index is 13.2. The molecule has 0 aliphatic carbocycles. The van der Waals surface area contributed by atoms with Crippen LogP contribution < -0.4 is 0 Å². The van der Waals surface area contributed by atoms with Crippen LogP contribution in [0.25, 0.3) is 0 Å². The van der Waals surface area contributed by atoms with Crippen molar-refractivity contribution in [1.82, 2.24) is 8.87 Å². The molecule has 0 fully saturated rings. The molecule has 158 valence electrons. The summed E-state index contributed by atoms with van der Waals surface area (Å²) < 4.78 is 33.9. The molecule has 2 rings (SSSR count). The number of hydrogen-bond acceptors (Lipinski definition) is 5. The number of rotatable bonds is 8. The van der Waals surface area contributed by atoms with Gasteiger partial charge in [-0.25, -0.2) is 13.2 Å². The molecule has 0 bridgehead atoms. The van der Waals surface area contributed by atoms with Gasteiger partial charge in [-0.1, -0.05) is 32.0 Å². The fourth-order valence-corrected chi connectivity index (χ4v) is 4.99. The van der Waals surface area contributed by atoms with Crippen molar-refractivity contribution in [2.75, 3.05) is 20.2 Å². The van der Waals surface area contributed by atoms with Crippen molar-refractivity contribution >= 4 is 21.8 Å². The largest absolute Gasteiger partial charge is 0.464 e. The molecular formula is C21H28N2O5S. The van der Waals surface area contributed by atoms with E-state index in [1.54, 1.807) is 43.7 Å². The van der Waals surface area contributed by atoms with E-state index in [2.05, 4.69) is 0 Å². The van der Waals surface area contributed by atoms with Crippen LogP contribution in [0.2, 0.25) is 0 Å². The van der Waals surface area contributed by atoms with Crippen LogP contribution >= 0.6 is 0 Å². The summed E-state index contributed by atoms with van der Waals surface area (Å²) in [5, 5.41) is 0. The van der Waals surface area contributed by atoms with Crippen LogP contribution in [0.1, 0.15) is 46.0 Å². The first-order valence-corrected chi connectivity index (χ1v) is 10.8. The summed E-state index contributed by atoms with van der Waals surface area (Å²) in [4.78, 5) is 25.4. The lowest BCUT2D eigenvalue weighted by Crippen LogP contribution is -2.38. The summed E-state index contributed by atoms with van der Waals surface area (Å²) in [7, 11) is -0.876. The highest BCUT2D eigenvalue weighted by Gasteiger charge is 2.31. The molecule has 29 heavy (non-hydrogen) atoms. The van der Waals surface area contributed by atoms with Crippen molar-refractivity contribution in [2.45, 2.75) is 32.6 Å². The Morgan fingerprint density at radius 1 is 1.14 bits per heavy atom. The van der Waals surface area contributed by atoms with E-state index >= 15 is 0 Å². The number of ketones is 1. The number of carbonyl (C=O) groups is 2. The highest BCUT2D eigenvalue weighted by molar-refractivity contribution is 7.89. The van der Waals surface area contributed by atoms with Crippen LogP contribution in [0.15, 0.2) is 35.2 Å². The molecule has 1 aromatic heterocycles. The third-order valence-electron chi connectivity index (χ3n) is 4.86. The molecule has 8 heteroatoms. The van der Waals surface area contributed by atoms with Gasteiger partial charge in [0.25, 0.3) is 0 Å². The number of methoxy groups -OCH3 is 1. The summed E-state index contributed by atoms with van der Waals surface area (Å²) in [5.41, 5.74) is 1.72. The lowest BCUT2D eigenvalue weighted by Gasteiger charge is -2.23. The third-order valence-corrected chi connectivity index (χ3v) is 6.68. The van der Waals surface area contributed by atoms with E-state index in [-0.39, 0.29) is 35.4 Å². The van der Waals surface area contributed by atoms with Crippen LogP contribution in [-0.4, -0.2) is 49.2 Å². The van der Waals surface area contributed by atoms with Gasteiger partial charge in [-0.15, -0.1) is 0 Å². The Labute approximate surface area is 172 Å². The maximum Gasteiger partial charge on any atom is 0.354 e. The highest BCUT2D eigenvalue weighted by Crippen LogP contribution is 2.24. The van der Waals surface area contributed by atoms with Gasteiger partial charge in [0.05, 0.1) is 18.6 Å². The first kappa shape index (κ1) is 22.8.